The molecule has 0 fully saturated rings. The number of hydrogen-bond acceptors (Lipinski definition) is 4. The van der Waals surface area contributed by atoms with Gasteiger partial charge in [-0.15, -0.1) is 0 Å². The van der Waals surface area contributed by atoms with E-state index in [2.05, 4.69) is 15.7 Å². The van der Waals surface area contributed by atoms with E-state index in [1.54, 1.807) is 34.1 Å². The van der Waals surface area contributed by atoms with Gasteiger partial charge in [0.25, 0.3) is 5.91 Å². The number of amides is 2. The van der Waals surface area contributed by atoms with Gasteiger partial charge >= 0.3 is 0 Å². The first-order valence-corrected chi connectivity index (χ1v) is 8.67. The Kier molecular flexibility index (Phi) is 6.77. The van der Waals surface area contributed by atoms with Gasteiger partial charge in [-0.25, -0.2) is 0 Å². The summed E-state index contributed by atoms with van der Waals surface area (Å²) in [6.45, 7) is 4.14. The Morgan fingerprint density at radius 1 is 1.27 bits per heavy atom. The van der Waals surface area contributed by atoms with Crippen LogP contribution in [0.1, 0.15) is 36.3 Å². The molecule has 0 aliphatic carbocycles. The Balaban J connectivity index is 1.85. The number of hydrogen-bond donors (Lipinski definition) is 2. The summed E-state index contributed by atoms with van der Waals surface area (Å²) in [6, 6.07) is 9.42. The molecule has 1 aromatic heterocycles. The van der Waals surface area contributed by atoms with Crippen LogP contribution in [-0.2, 0) is 18.3 Å². The highest BCUT2D eigenvalue weighted by Gasteiger charge is 2.15. The second-order valence-corrected chi connectivity index (χ2v) is 6.35. The third-order valence-corrected chi connectivity index (χ3v) is 3.99. The monoisotopic (exact) mass is 358 g/mol. The van der Waals surface area contributed by atoms with Crippen LogP contribution in [0.4, 0.5) is 5.82 Å². The van der Waals surface area contributed by atoms with Crippen LogP contribution in [0.2, 0.25) is 0 Å². The van der Waals surface area contributed by atoms with Crippen molar-refractivity contribution in [3.05, 3.63) is 41.6 Å². The van der Waals surface area contributed by atoms with Crippen molar-refractivity contribution in [2.24, 2.45) is 13.0 Å². The molecule has 1 aromatic carbocycles. The number of anilines is 1. The normalized spacial score (nSPS) is 10.7. The Hall–Kier alpha value is -2.83. The number of aromatic nitrogens is 2. The molecule has 7 nitrogen and oxygen atoms in total. The summed E-state index contributed by atoms with van der Waals surface area (Å²) in [7, 11) is 3.34. The predicted octanol–water partition coefficient (Wildman–Crippen LogP) is 2.39. The van der Waals surface area contributed by atoms with Gasteiger partial charge < -0.3 is 15.4 Å². The maximum Gasteiger partial charge on any atom is 0.271 e. The highest BCUT2D eigenvalue weighted by atomic mass is 16.5. The van der Waals surface area contributed by atoms with E-state index in [-0.39, 0.29) is 23.4 Å². The van der Waals surface area contributed by atoms with Gasteiger partial charge in [0.05, 0.1) is 7.11 Å². The fourth-order valence-corrected chi connectivity index (χ4v) is 2.45. The number of nitrogens with one attached hydrogen (secondary N) is 2. The van der Waals surface area contributed by atoms with Crippen LogP contribution in [0.25, 0.3) is 0 Å². The number of methoxy groups -OCH3 is 1. The molecule has 0 spiro atoms. The number of benzene rings is 1. The maximum absolute atomic E-state index is 12.2. The molecule has 0 atom stereocenters. The molecule has 7 heteroatoms. The van der Waals surface area contributed by atoms with Crippen molar-refractivity contribution in [1.29, 1.82) is 0 Å². The van der Waals surface area contributed by atoms with E-state index in [1.165, 1.54) is 4.68 Å². The minimum atomic E-state index is -0.259. The van der Waals surface area contributed by atoms with Gasteiger partial charge in [0.15, 0.2) is 5.69 Å². The van der Waals surface area contributed by atoms with Crippen LogP contribution in [0, 0.1) is 5.92 Å². The van der Waals surface area contributed by atoms with E-state index in [0.29, 0.717) is 12.4 Å². The van der Waals surface area contributed by atoms with E-state index in [1.807, 2.05) is 24.3 Å². The molecule has 0 saturated carbocycles. The van der Waals surface area contributed by atoms with Crippen molar-refractivity contribution in [2.75, 3.05) is 19.0 Å². The third kappa shape index (κ3) is 5.08. The minimum Gasteiger partial charge on any atom is -0.496 e. The number of nitrogens with zero attached hydrogens (tertiary/aromatic N) is 2. The first-order chi connectivity index (χ1) is 12.4. The van der Waals surface area contributed by atoms with Gasteiger partial charge in [0.1, 0.15) is 11.6 Å². The van der Waals surface area contributed by atoms with E-state index < -0.39 is 0 Å². The van der Waals surface area contributed by atoms with Crippen LogP contribution in [-0.4, -0.2) is 35.2 Å². The number of carbonyl (C=O) groups excluding carboxylic acids is 2. The van der Waals surface area contributed by atoms with Crippen molar-refractivity contribution < 1.29 is 14.3 Å². The second kappa shape index (κ2) is 9.03. The Morgan fingerprint density at radius 3 is 2.69 bits per heavy atom. The van der Waals surface area contributed by atoms with Crippen molar-refractivity contribution in [3.8, 4) is 5.75 Å². The lowest BCUT2D eigenvalue weighted by molar-refractivity contribution is -0.118. The summed E-state index contributed by atoms with van der Waals surface area (Å²) >= 11 is 0. The standard InChI is InChI=1S/C19H26N4O3/c1-13(2)18(24)21-17-12-15(22-23(17)3)19(25)20-11-7-9-14-8-5-6-10-16(14)26-4/h5-6,8,10,12-13H,7,9,11H2,1-4H3,(H,20,25)(H,21,24). The Bertz CT molecular complexity index is 768. The summed E-state index contributed by atoms with van der Waals surface area (Å²) in [6.07, 6.45) is 1.60. The highest BCUT2D eigenvalue weighted by molar-refractivity contribution is 5.95. The molecule has 0 aliphatic rings. The quantitative estimate of drug-likeness (QED) is 0.710. The van der Waals surface area contributed by atoms with Crippen molar-refractivity contribution in [3.63, 3.8) is 0 Å². The average molecular weight is 358 g/mol. The van der Waals surface area contributed by atoms with Gasteiger partial charge in [0, 0.05) is 25.6 Å². The molecule has 2 amide bonds. The smallest absolute Gasteiger partial charge is 0.271 e. The average Bonchev–Trinajstić information content (AvgIpc) is 2.99. The van der Waals surface area contributed by atoms with E-state index in [0.717, 1.165) is 24.2 Å². The lowest BCUT2D eigenvalue weighted by atomic mass is 10.1. The largest absolute Gasteiger partial charge is 0.496 e. The number of ether oxygens (including phenoxy) is 1. The van der Waals surface area contributed by atoms with Crippen LogP contribution in [0.15, 0.2) is 30.3 Å². The van der Waals surface area contributed by atoms with Gasteiger partial charge in [-0.05, 0) is 24.5 Å². The molecule has 26 heavy (non-hydrogen) atoms. The SMILES string of the molecule is COc1ccccc1CCCNC(=O)c1cc(NC(=O)C(C)C)n(C)n1. The van der Waals surface area contributed by atoms with Crippen molar-refractivity contribution in [1.82, 2.24) is 15.1 Å². The van der Waals surface area contributed by atoms with Gasteiger partial charge in [-0.3, -0.25) is 14.3 Å². The van der Waals surface area contributed by atoms with Gasteiger partial charge in [-0.1, -0.05) is 32.0 Å². The van der Waals surface area contributed by atoms with Crippen LogP contribution in [0.5, 0.6) is 5.75 Å². The molecular formula is C19H26N4O3. The fraction of sp³-hybridized carbons (Fsp3) is 0.421. The fourth-order valence-electron chi connectivity index (χ4n) is 2.45. The predicted molar refractivity (Wildman–Crippen MR) is 100 cm³/mol. The molecule has 2 aromatic rings. The van der Waals surface area contributed by atoms with Crippen LogP contribution in [0.3, 0.4) is 0 Å². The topological polar surface area (TPSA) is 85.3 Å². The maximum atomic E-state index is 12.2. The zero-order valence-corrected chi connectivity index (χ0v) is 15.7. The molecule has 2 rings (SSSR count). The van der Waals surface area contributed by atoms with Gasteiger partial charge in [-0.2, -0.15) is 5.10 Å². The zero-order valence-electron chi connectivity index (χ0n) is 15.7. The molecular weight excluding hydrogens is 332 g/mol. The number of aryl methyl sites for hydroxylation is 2. The Morgan fingerprint density at radius 2 is 2.00 bits per heavy atom. The third-order valence-electron chi connectivity index (χ3n) is 3.99. The zero-order chi connectivity index (χ0) is 19.1. The second-order valence-electron chi connectivity index (χ2n) is 6.35. The summed E-state index contributed by atoms with van der Waals surface area (Å²) in [4.78, 5) is 24.0. The van der Waals surface area contributed by atoms with Crippen molar-refractivity contribution >= 4 is 17.6 Å². The Labute approximate surface area is 153 Å². The van der Waals surface area contributed by atoms with Gasteiger partial charge in [0.2, 0.25) is 5.91 Å². The summed E-state index contributed by atoms with van der Waals surface area (Å²) in [5.74, 6) is 0.844. The number of carbonyl (C=O) groups is 2. The molecule has 140 valence electrons. The first-order valence-electron chi connectivity index (χ1n) is 8.67. The molecule has 1 heterocycles. The molecule has 0 bridgehead atoms. The molecule has 0 unspecified atom stereocenters. The minimum absolute atomic E-state index is 0.114. The van der Waals surface area contributed by atoms with Crippen LogP contribution < -0.4 is 15.4 Å². The van der Waals surface area contributed by atoms with E-state index in [4.69, 9.17) is 4.74 Å². The van der Waals surface area contributed by atoms with Crippen molar-refractivity contribution in [2.45, 2.75) is 26.7 Å². The van der Waals surface area contributed by atoms with Crippen LogP contribution >= 0.6 is 0 Å². The lowest BCUT2D eigenvalue weighted by Crippen LogP contribution is -2.25. The first kappa shape index (κ1) is 19.5. The highest BCUT2D eigenvalue weighted by Crippen LogP contribution is 2.18. The molecule has 0 aliphatic heterocycles. The summed E-state index contributed by atoms with van der Waals surface area (Å²) < 4.78 is 6.81. The van der Waals surface area contributed by atoms with E-state index in [9.17, 15) is 9.59 Å². The molecule has 0 radical (unpaired) electrons. The summed E-state index contributed by atoms with van der Waals surface area (Å²) in [5, 5.41) is 9.77. The lowest BCUT2D eigenvalue weighted by Gasteiger charge is -2.08. The molecule has 0 saturated heterocycles. The summed E-state index contributed by atoms with van der Waals surface area (Å²) in [5.41, 5.74) is 1.39. The number of para-hydroxylation sites is 1. The number of rotatable bonds is 8. The molecule has 2 N–H and O–H groups in total. The van der Waals surface area contributed by atoms with E-state index >= 15 is 0 Å².